The lowest BCUT2D eigenvalue weighted by atomic mass is 10.2. The van der Waals surface area contributed by atoms with E-state index in [0.29, 0.717) is 21.1 Å². The number of nitrogens with two attached hydrogens (primary N) is 1. The number of halogens is 2. The molecule has 4 nitrogen and oxygen atoms in total. The van der Waals surface area contributed by atoms with Crippen molar-refractivity contribution in [2.75, 3.05) is 5.73 Å². The minimum absolute atomic E-state index is 0.0389. The highest BCUT2D eigenvalue weighted by Crippen LogP contribution is 2.37. The Hall–Kier alpha value is -0.300. The van der Waals surface area contributed by atoms with Crippen molar-refractivity contribution in [3.63, 3.8) is 0 Å². The maximum absolute atomic E-state index is 12.3. The van der Waals surface area contributed by atoms with Gasteiger partial charge in [-0.3, -0.25) is 0 Å². The summed E-state index contributed by atoms with van der Waals surface area (Å²) in [5.74, 6) is 0.454. The fourth-order valence-electron chi connectivity index (χ4n) is 2.12. The van der Waals surface area contributed by atoms with Crippen molar-refractivity contribution >= 4 is 43.2 Å². The Labute approximate surface area is 126 Å². The van der Waals surface area contributed by atoms with Gasteiger partial charge in [0.25, 0.3) is 0 Å². The summed E-state index contributed by atoms with van der Waals surface area (Å²) in [6.45, 7) is 2.10. The molecule has 0 heterocycles. The van der Waals surface area contributed by atoms with Gasteiger partial charge in [-0.25, -0.2) is 13.1 Å². The summed E-state index contributed by atoms with van der Waals surface area (Å²) >= 11 is 9.07. The van der Waals surface area contributed by atoms with Gasteiger partial charge < -0.3 is 5.73 Å². The monoisotopic (exact) mass is 366 g/mol. The molecule has 0 aliphatic heterocycles. The zero-order valence-corrected chi connectivity index (χ0v) is 13.6. The van der Waals surface area contributed by atoms with Crippen molar-refractivity contribution in [1.82, 2.24) is 4.72 Å². The smallest absolute Gasteiger partial charge is 0.242 e. The van der Waals surface area contributed by atoms with Gasteiger partial charge in [-0.15, -0.1) is 0 Å². The number of rotatable bonds is 5. The minimum Gasteiger partial charge on any atom is -0.398 e. The molecule has 0 saturated heterocycles. The predicted molar refractivity (Wildman–Crippen MR) is 80.7 cm³/mol. The molecule has 1 aliphatic carbocycles. The summed E-state index contributed by atoms with van der Waals surface area (Å²) in [7, 11) is -3.59. The van der Waals surface area contributed by atoms with Crippen LogP contribution in [0.1, 0.15) is 26.2 Å². The van der Waals surface area contributed by atoms with Crippen LogP contribution in [0, 0.1) is 5.92 Å². The number of nitrogen functional groups attached to an aromatic ring is 1. The third kappa shape index (κ3) is 3.42. The van der Waals surface area contributed by atoms with E-state index < -0.39 is 10.0 Å². The Morgan fingerprint density at radius 3 is 2.84 bits per heavy atom. The second-order valence-electron chi connectivity index (χ2n) is 4.82. The van der Waals surface area contributed by atoms with Crippen molar-refractivity contribution in [3.8, 4) is 0 Å². The van der Waals surface area contributed by atoms with Crippen molar-refractivity contribution in [1.29, 1.82) is 0 Å². The third-order valence-corrected chi connectivity index (χ3v) is 6.09. The quantitative estimate of drug-likeness (QED) is 0.785. The Balaban J connectivity index is 2.21. The van der Waals surface area contributed by atoms with Crippen molar-refractivity contribution in [2.45, 2.75) is 37.1 Å². The molecule has 1 aliphatic rings. The van der Waals surface area contributed by atoms with E-state index in [4.69, 9.17) is 17.3 Å². The Bertz CT molecular complexity index is 592. The maximum Gasteiger partial charge on any atom is 0.242 e. The molecule has 1 fully saturated rings. The van der Waals surface area contributed by atoms with Gasteiger partial charge in [-0.1, -0.05) is 24.9 Å². The second-order valence-corrected chi connectivity index (χ2v) is 7.73. The van der Waals surface area contributed by atoms with E-state index in [2.05, 4.69) is 27.6 Å². The molecule has 19 heavy (non-hydrogen) atoms. The first kappa shape index (κ1) is 15.1. The molecule has 0 amide bonds. The van der Waals surface area contributed by atoms with E-state index in [1.54, 1.807) is 0 Å². The van der Waals surface area contributed by atoms with E-state index in [9.17, 15) is 8.42 Å². The number of hydrogen-bond acceptors (Lipinski definition) is 3. The number of benzene rings is 1. The molecule has 2 rings (SSSR count). The summed E-state index contributed by atoms with van der Waals surface area (Å²) in [5, 5.41) is 0.307. The van der Waals surface area contributed by atoms with E-state index in [0.717, 1.165) is 19.3 Å². The highest BCUT2D eigenvalue weighted by molar-refractivity contribution is 9.10. The normalized spacial score (nSPS) is 22.5. The summed E-state index contributed by atoms with van der Waals surface area (Å²) in [5.41, 5.74) is 6.03. The summed E-state index contributed by atoms with van der Waals surface area (Å²) in [6, 6.07) is 2.96. The average molecular weight is 368 g/mol. The van der Waals surface area contributed by atoms with E-state index in [1.165, 1.54) is 12.1 Å². The van der Waals surface area contributed by atoms with Crippen LogP contribution in [0.3, 0.4) is 0 Å². The molecule has 7 heteroatoms. The fourth-order valence-corrected chi connectivity index (χ4v) is 4.73. The highest BCUT2D eigenvalue weighted by Gasteiger charge is 2.39. The zero-order valence-electron chi connectivity index (χ0n) is 10.5. The molecule has 0 bridgehead atoms. The molecule has 0 radical (unpaired) electrons. The first-order chi connectivity index (χ1) is 8.85. The summed E-state index contributed by atoms with van der Waals surface area (Å²) in [4.78, 5) is 0.0969. The lowest BCUT2D eigenvalue weighted by Gasteiger charge is -2.10. The first-order valence-corrected chi connectivity index (χ1v) is 8.77. The molecule has 1 aromatic carbocycles. The van der Waals surface area contributed by atoms with Crippen LogP contribution in [0.2, 0.25) is 5.02 Å². The molecule has 0 spiro atoms. The number of anilines is 1. The van der Waals surface area contributed by atoms with Gasteiger partial charge in [0.05, 0.1) is 9.37 Å². The van der Waals surface area contributed by atoms with Crippen LogP contribution in [0.15, 0.2) is 21.5 Å². The van der Waals surface area contributed by atoms with Gasteiger partial charge >= 0.3 is 0 Å². The maximum atomic E-state index is 12.3. The van der Waals surface area contributed by atoms with Crippen LogP contribution in [0.25, 0.3) is 0 Å². The van der Waals surface area contributed by atoms with Gasteiger partial charge in [0.1, 0.15) is 0 Å². The van der Waals surface area contributed by atoms with E-state index in [-0.39, 0.29) is 10.9 Å². The molecule has 106 valence electrons. The van der Waals surface area contributed by atoms with Gasteiger partial charge in [-0.05, 0) is 46.8 Å². The molecule has 2 unspecified atom stereocenters. The van der Waals surface area contributed by atoms with E-state index in [1.807, 2.05) is 0 Å². The van der Waals surface area contributed by atoms with Gasteiger partial charge in [0, 0.05) is 16.8 Å². The summed E-state index contributed by atoms with van der Waals surface area (Å²) in [6.07, 6.45) is 3.02. The second kappa shape index (κ2) is 5.60. The lowest BCUT2D eigenvalue weighted by Crippen LogP contribution is -2.27. The molecule has 0 aromatic heterocycles. The van der Waals surface area contributed by atoms with Crippen LogP contribution in [-0.2, 0) is 10.0 Å². The molecule has 1 saturated carbocycles. The molecular weight excluding hydrogens is 352 g/mol. The van der Waals surface area contributed by atoms with Crippen molar-refractivity contribution < 1.29 is 8.42 Å². The molecule has 1 aromatic rings. The first-order valence-electron chi connectivity index (χ1n) is 6.12. The lowest BCUT2D eigenvalue weighted by molar-refractivity contribution is 0.572. The van der Waals surface area contributed by atoms with Gasteiger partial charge in [0.15, 0.2) is 0 Å². The Kier molecular flexibility index (Phi) is 4.45. The van der Waals surface area contributed by atoms with E-state index >= 15 is 0 Å². The number of sulfonamides is 1. The third-order valence-electron chi connectivity index (χ3n) is 3.21. The highest BCUT2D eigenvalue weighted by atomic mass is 79.9. The molecule has 2 atom stereocenters. The molecule has 3 N–H and O–H groups in total. The predicted octanol–water partition coefficient (Wildman–Crippen LogP) is 3.15. The van der Waals surface area contributed by atoms with Crippen LogP contribution in [-0.4, -0.2) is 14.5 Å². The van der Waals surface area contributed by atoms with Crippen LogP contribution in [0.4, 0.5) is 5.69 Å². The fraction of sp³-hybridized carbons (Fsp3) is 0.500. The molecular formula is C12H16BrClN2O2S. The van der Waals surface area contributed by atoms with Crippen molar-refractivity contribution in [2.24, 2.45) is 5.92 Å². The van der Waals surface area contributed by atoms with Crippen molar-refractivity contribution in [3.05, 3.63) is 21.6 Å². The van der Waals surface area contributed by atoms with Gasteiger partial charge in [-0.2, -0.15) is 0 Å². The Morgan fingerprint density at radius 2 is 2.21 bits per heavy atom. The van der Waals surface area contributed by atoms with Crippen LogP contribution < -0.4 is 10.5 Å². The number of nitrogens with one attached hydrogen (secondary N) is 1. The van der Waals surface area contributed by atoms with Crippen LogP contribution >= 0.6 is 27.5 Å². The topological polar surface area (TPSA) is 72.2 Å². The zero-order chi connectivity index (χ0) is 14.2. The number of hydrogen-bond donors (Lipinski definition) is 2. The SMILES string of the molecule is CCCC1CC1NS(=O)(=O)c1cc(Cl)cc(N)c1Br. The standard InChI is InChI=1S/C12H16BrClN2O2S/c1-2-3-7-4-10(7)16-19(17,18)11-6-8(14)5-9(15)12(11)13/h5-7,10,16H,2-4,15H2,1H3. The minimum atomic E-state index is -3.59. The Morgan fingerprint density at radius 1 is 1.53 bits per heavy atom. The summed E-state index contributed by atoms with van der Waals surface area (Å²) < 4.78 is 27.7. The average Bonchev–Trinajstić information content (AvgIpc) is 3.01. The largest absolute Gasteiger partial charge is 0.398 e. The van der Waals surface area contributed by atoms with Crippen LogP contribution in [0.5, 0.6) is 0 Å². The van der Waals surface area contributed by atoms with Gasteiger partial charge in [0.2, 0.25) is 10.0 Å².